The van der Waals surface area contributed by atoms with Crippen LogP contribution < -0.4 is 5.73 Å². The van der Waals surface area contributed by atoms with Crippen LogP contribution >= 0.6 is 11.6 Å². The van der Waals surface area contributed by atoms with Crippen molar-refractivity contribution in [1.82, 2.24) is 0 Å². The molecule has 0 aliphatic carbocycles. The second-order valence-corrected chi connectivity index (χ2v) is 3.06. The Hall–Kier alpha value is -1.13. The first-order valence-corrected chi connectivity index (χ1v) is 4.08. The SMILES string of the molecule is Cc1ccc(Cl)c([N+](=O)[O-])c1CN. The number of nitrogens with two attached hydrogens (primary N) is 1. The number of rotatable bonds is 2. The molecular weight excluding hydrogens is 192 g/mol. The van der Waals surface area contributed by atoms with Gasteiger partial charge >= 0.3 is 0 Å². The van der Waals surface area contributed by atoms with Crippen molar-refractivity contribution in [2.45, 2.75) is 13.5 Å². The maximum Gasteiger partial charge on any atom is 0.292 e. The Balaban J connectivity index is 3.43. The summed E-state index contributed by atoms with van der Waals surface area (Å²) in [6.45, 7) is 1.90. The third-order valence-electron chi connectivity index (χ3n) is 1.85. The lowest BCUT2D eigenvalue weighted by Gasteiger charge is -2.04. The molecule has 0 amide bonds. The molecule has 0 radical (unpaired) electrons. The van der Waals surface area contributed by atoms with Gasteiger partial charge in [0.2, 0.25) is 0 Å². The van der Waals surface area contributed by atoms with Crippen LogP contribution in [0.5, 0.6) is 0 Å². The maximum atomic E-state index is 10.6. The first-order chi connectivity index (χ1) is 6.07. The molecule has 1 rings (SSSR count). The molecule has 2 N–H and O–H groups in total. The van der Waals surface area contributed by atoms with Crippen LogP contribution in [-0.4, -0.2) is 4.92 Å². The van der Waals surface area contributed by atoms with Crippen molar-refractivity contribution < 1.29 is 4.92 Å². The van der Waals surface area contributed by atoms with E-state index in [1.54, 1.807) is 13.0 Å². The first-order valence-electron chi connectivity index (χ1n) is 3.70. The van der Waals surface area contributed by atoms with Gasteiger partial charge in [-0.1, -0.05) is 17.7 Å². The van der Waals surface area contributed by atoms with Crippen LogP contribution in [0.15, 0.2) is 12.1 Å². The van der Waals surface area contributed by atoms with Crippen molar-refractivity contribution in [3.8, 4) is 0 Å². The molecule has 0 aliphatic heterocycles. The molecule has 0 saturated heterocycles. The van der Waals surface area contributed by atoms with E-state index in [1.165, 1.54) is 6.07 Å². The van der Waals surface area contributed by atoms with E-state index in [0.717, 1.165) is 5.56 Å². The quantitative estimate of drug-likeness (QED) is 0.587. The number of hydrogen-bond acceptors (Lipinski definition) is 3. The highest BCUT2D eigenvalue weighted by atomic mass is 35.5. The summed E-state index contributed by atoms with van der Waals surface area (Å²) in [5.41, 5.74) is 6.60. The number of nitrogens with zero attached hydrogens (tertiary/aromatic N) is 1. The van der Waals surface area contributed by atoms with Gasteiger partial charge in [-0.05, 0) is 18.6 Å². The molecule has 1 aromatic carbocycles. The van der Waals surface area contributed by atoms with E-state index in [9.17, 15) is 10.1 Å². The number of halogens is 1. The molecule has 4 nitrogen and oxygen atoms in total. The van der Waals surface area contributed by atoms with Crippen molar-refractivity contribution in [3.63, 3.8) is 0 Å². The summed E-state index contributed by atoms with van der Waals surface area (Å²) in [6.07, 6.45) is 0. The molecule has 70 valence electrons. The van der Waals surface area contributed by atoms with Gasteiger partial charge in [-0.25, -0.2) is 0 Å². The van der Waals surface area contributed by atoms with Crippen LogP contribution in [0.1, 0.15) is 11.1 Å². The number of nitro benzene ring substituents is 1. The molecule has 0 bridgehead atoms. The summed E-state index contributed by atoms with van der Waals surface area (Å²) < 4.78 is 0. The standard InChI is InChI=1S/C8H9ClN2O2/c1-5-2-3-7(9)8(11(12)13)6(5)4-10/h2-3H,4,10H2,1H3. The molecule has 13 heavy (non-hydrogen) atoms. The summed E-state index contributed by atoms with van der Waals surface area (Å²) in [6, 6.07) is 3.23. The normalized spacial score (nSPS) is 10.1. The largest absolute Gasteiger partial charge is 0.326 e. The van der Waals surface area contributed by atoms with Crippen molar-refractivity contribution in [2.24, 2.45) is 5.73 Å². The van der Waals surface area contributed by atoms with Crippen molar-refractivity contribution in [3.05, 3.63) is 38.4 Å². The number of hydrogen-bond donors (Lipinski definition) is 1. The predicted octanol–water partition coefficient (Wildman–Crippen LogP) is 2.02. The zero-order chi connectivity index (χ0) is 10.0. The van der Waals surface area contributed by atoms with Gasteiger partial charge in [-0.3, -0.25) is 10.1 Å². The molecule has 5 heteroatoms. The lowest BCUT2D eigenvalue weighted by Crippen LogP contribution is -2.04. The zero-order valence-corrected chi connectivity index (χ0v) is 7.84. The van der Waals surface area contributed by atoms with E-state index in [0.29, 0.717) is 5.56 Å². The van der Waals surface area contributed by atoms with Crippen LogP contribution in [-0.2, 0) is 6.54 Å². The van der Waals surface area contributed by atoms with E-state index in [4.69, 9.17) is 17.3 Å². The molecule has 0 heterocycles. The second kappa shape index (κ2) is 3.72. The van der Waals surface area contributed by atoms with Gasteiger partial charge in [0.15, 0.2) is 0 Å². The third-order valence-corrected chi connectivity index (χ3v) is 2.16. The molecule has 0 aliphatic rings. The van der Waals surface area contributed by atoms with E-state index >= 15 is 0 Å². The molecular formula is C8H9ClN2O2. The fourth-order valence-electron chi connectivity index (χ4n) is 1.16. The van der Waals surface area contributed by atoms with Crippen molar-refractivity contribution in [2.75, 3.05) is 0 Å². The molecule has 0 aromatic heterocycles. The highest BCUT2D eigenvalue weighted by Gasteiger charge is 2.18. The van der Waals surface area contributed by atoms with Crippen LogP contribution in [0.2, 0.25) is 5.02 Å². The molecule has 1 aromatic rings. The summed E-state index contributed by atoms with van der Waals surface area (Å²) in [4.78, 5) is 10.1. The monoisotopic (exact) mass is 200 g/mol. The van der Waals surface area contributed by atoms with E-state index < -0.39 is 4.92 Å². The van der Waals surface area contributed by atoms with Gasteiger partial charge in [0.25, 0.3) is 5.69 Å². The maximum absolute atomic E-state index is 10.6. The highest BCUT2D eigenvalue weighted by Crippen LogP contribution is 2.30. The lowest BCUT2D eigenvalue weighted by molar-refractivity contribution is -0.385. The topological polar surface area (TPSA) is 69.2 Å². The predicted molar refractivity (Wildman–Crippen MR) is 50.7 cm³/mol. The van der Waals surface area contributed by atoms with Crippen molar-refractivity contribution >= 4 is 17.3 Å². The minimum Gasteiger partial charge on any atom is -0.326 e. The number of aryl methyl sites for hydroxylation is 1. The van der Waals surface area contributed by atoms with Crippen LogP contribution in [0.3, 0.4) is 0 Å². The van der Waals surface area contributed by atoms with Gasteiger partial charge in [0.1, 0.15) is 5.02 Å². The van der Waals surface area contributed by atoms with Gasteiger partial charge in [-0.2, -0.15) is 0 Å². The molecule has 0 saturated carbocycles. The fraction of sp³-hybridized carbons (Fsp3) is 0.250. The second-order valence-electron chi connectivity index (χ2n) is 2.65. The van der Waals surface area contributed by atoms with Crippen LogP contribution in [0.4, 0.5) is 5.69 Å². The smallest absolute Gasteiger partial charge is 0.292 e. The Kier molecular flexibility index (Phi) is 2.85. The Labute approximate surface area is 80.5 Å². The minimum absolute atomic E-state index is 0.0795. The van der Waals surface area contributed by atoms with Crippen molar-refractivity contribution in [1.29, 1.82) is 0 Å². The minimum atomic E-state index is -0.502. The van der Waals surface area contributed by atoms with Gasteiger partial charge in [0.05, 0.1) is 4.92 Å². The Morgan fingerprint density at radius 1 is 1.62 bits per heavy atom. The Morgan fingerprint density at radius 2 is 2.23 bits per heavy atom. The summed E-state index contributed by atoms with van der Waals surface area (Å²) in [5, 5.41) is 10.8. The molecule has 0 fully saturated rings. The average Bonchev–Trinajstić information content (AvgIpc) is 2.07. The molecule has 0 unspecified atom stereocenters. The van der Waals surface area contributed by atoms with E-state index in [1.807, 2.05) is 0 Å². The molecule has 0 atom stereocenters. The van der Waals surface area contributed by atoms with E-state index in [-0.39, 0.29) is 17.3 Å². The summed E-state index contributed by atoms with van der Waals surface area (Å²) in [5.74, 6) is 0. The van der Waals surface area contributed by atoms with Gasteiger partial charge < -0.3 is 5.73 Å². The summed E-state index contributed by atoms with van der Waals surface area (Å²) >= 11 is 5.68. The molecule has 0 spiro atoms. The number of nitro groups is 1. The van der Waals surface area contributed by atoms with Crippen LogP contribution in [0.25, 0.3) is 0 Å². The zero-order valence-electron chi connectivity index (χ0n) is 7.08. The number of benzene rings is 1. The highest BCUT2D eigenvalue weighted by molar-refractivity contribution is 6.32. The third kappa shape index (κ3) is 1.79. The van der Waals surface area contributed by atoms with E-state index in [2.05, 4.69) is 0 Å². The van der Waals surface area contributed by atoms with Gasteiger partial charge in [0, 0.05) is 12.1 Å². The van der Waals surface area contributed by atoms with Gasteiger partial charge in [-0.15, -0.1) is 0 Å². The first kappa shape index (κ1) is 9.95. The summed E-state index contributed by atoms with van der Waals surface area (Å²) in [7, 11) is 0. The Bertz CT molecular complexity index is 352. The fourth-order valence-corrected chi connectivity index (χ4v) is 1.41. The average molecular weight is 201 g/mol. The lowest BCUT2D eigenvalue weighted by atomic mass is 10.1. The Morgan fingerprint density at radius 3 is 2.62 bits per heavy atom. The van der Waals surface area contributed by atoms with Crippen LogP contribution in [0, 0.1) is 17.0 Å².